The molecule has 2 N–H and O–H groups in total. The number of hydrogen-bond donors (Lipinski definition) is 2. The topological polar surface area (TPSA) is 143 Å². The van der Waals surface area contributed by atoms with Crippen molar-refractivity contribution in [1.82, 2.24) is 19.3 Å². The normalized spacial score (nSPS) is 15.4. The van der Waals surface area contributed by atoms with Gasteiger partial charge >= 0.3 is 0 Å². The van der Waals surface area contributed by atoms with Crippen molar-refractivity contribution in [3.8, 4) is 5.75 Å². The van der Waals surface area contributed by atoms with Crippen LogP contribution >= 0.6 is 11.6 Å². The maximum absolute atomic E-state index is 14.0. The SMILES string of the molecule is COc1cnc(NC(=O)c2ccc(S(=O)(=O)N3Cc4ccc(Cl)cc4NC(=O)[C@H]3Cc3ccccn3)cc2)nc1. The number of methoxy groups -OCH3 is 1. The molecule has 0 bridgehead atoms. The number of nitrogens with zero attached hydrogens (tertiary/aromatic N) is 4. The molecule has 3 heterocycles. The Balaban J connectivity index is 1.44. The number of benzene rings is 2. The minimum Gasteiger partial charge on any atom is -0.494 e. The molecule has 2 aromatic heterocycles. The van der Waals surface area contributed by atoms with Crippen LogP contribution < -0.4 is 15.4 Å². The fourth-order valence-electron chi connectivity index (χ4n) is 4.17. The number of pyridine rings is 1. The van der Waals surface area contributed by atoms with E-state index >= 15 is 0 Å². The first-order valence-electron chi connectivity index (χ1n) is 12.0. The number of carbonyl (C=O) groups excluding carboxylic acids is 2. The van der Waals surface area contributed by atoms with E-state index in [4.69, 9.17) is 16.3 Å². The van der Waals surface area contributed by atoms with E-state index in [1.54, 1.807) is 42.6 Å². The van der Waals surface area contributed by atoms with Crippen LogP contribution in [0.25, 0.3) is 0 Å². The van der Waals surface area contributed by atoms with Crippen LogP contribution in [0.3, 0.4) is 0 Å². The summed E-state index contributed by atoms with van der Waals surface area (Å²) in [6, 6.07) is 14.4. The van der Waals surface area contributed by atoms with E-state index in [0.717, 1.165) is 4.31 Å². The zero-order valence-corrected chi connectivity index (χ0v) is 22.7. The van der Waals surface area contributed by atoms with Crippen molar-refractivity contribution in [2.45, 2.75) is 23.9 Å². The quantitative estimate of drug-likeness (QED) is 0.339. The molecule has 13 heteroatoms. The number of nitrogens with one attached hydrogen (secondary N) is 2. The number of hydrogen-bond acceptors (Lipinski definition) is 8. The van der Waals surface area contributed by atoms with Crippen molar-refractivity contribution in [3.05, 3.63) is 101 Å². The van der Waals surface area contributed by atoms with E-state index in [0.29, 0.717) is 27.7 Å². The fraction of sp³-hybridized carbons (Fsp3) is 0.148. The molecule has 0 radical (unpaired) electrons. The van der Waals surface area contributed by atoms with Crippen molar-refractivity contribution in [3.63, 3.8) is 0 Å². The molecule has 2 amide bonds. The highest BCUT2D eigenvalue weighted by molar-refractivity contribution is 7.89. The summed E-state index contributed by atoms with van der Waals surface area (Å²) in [5.41, 5.74) is 1.77. The summed E-state index contributed by atoms with van der Waals surface area (Å²) in [4.78, 5) is 38.3. The van der Waals surface area contributed by atoms with Crippen molar-refractivity contribution in [2.24, 2.45) is 0 Å². The van der Waals surface area contributed by atoms with Crippen LogP contribution in [0.5, 0.6) is 5.75 Å². The molecule has 1 aliphatic rings. The summed E-state index contributed by atoms with van der Waals surface area (Å²) in [7, 11) is -2.74. The van der Waals surface area contributed by atoms with Gasteiger partial charge in [-0.05, 0) is 54.1 Å². The van der Waals surface area contributed by atoms with Crippen LogP contribution in [0.1, 0.15) is 21.6 Å². The predicted molar refractivity (Wildman–Crippen MR) is 148 cm³/mol. The largest absolute Gasteiger partial charge is 0.494 e. The van der Waals surface area contributed by atoms with E-state index in [9.17, 15) is 18.0 Å². The molecule has 4 aromatic rings. The monoisotopic (exact) mass is 578 g/mol. The van der Waals surface area contributed by atoms with E-state index in [1.807, 2.05) is 0 Å². The van der Waals surface area contributed by atoms with Gasteiger partial charge in [-0.1, -0.05) is 23.7 Å². The number of anilines is 2. The molecule has 1 atom stereocenters. The van der Waals surface area contributed by atoms with E-state index in [2.05, 4.69) is 25.6 Å². The zero-order chi connectivity index (χ0) is 28.3. The highest BCUT2D eigenvalue weighted by atomic mass is 35.5. The predicted octanol–water partition coefficient (Wildman–Crippen LogP) is 3.54. The Morgan fingerprint density at radius 1 is 1.10 bits per heavy atom. The molecule has 0 unspecified atom stereocenters. The first kappa shape index (κ1) is 27.2. The highest BCUT2D eigenvalue weighted by Gasteiger charge is 2.39. The lowest BCUT2D eigenvalue weighted by atomic mass is 10.1. The molecule has 0 spiro atoms. The van der Waals surface area contributed by atoms with Crippen molar-refractivity contribution in [1.29, 1.82) is 0 Å². The molecule has 40 heavy (non-hydrogen) atoms. The fourth-order valence-corrected chi connectivity index (χ4v) is 5.90. The summed E-state index contributed by atoms with van der Waals surface area (Å²) < 4.78 is 34.1. The van der Waals surface area contributed by atoms with Crippen LogP contribution in [0.15, 0.2) is 84.1 Å². The number of halogens is 1. The van der Waals surface area contributed by atoms with Gasteiger partial charge in [0, 0.05) is 41.1 Å². The van der Waals surface area contributed by atoms with Gasteiger partial charge in [-0.2, -0.15) is 4.31 Å². The van der Waals surface area contributed by atoms with Gasteiger partial charge in [0.2, 0.25) is 21.9 Å². The third-order valence-electron chi connectivity index (χ3n) is 6.25. The average molecular weight is 579 g/mol. The molecule has 0 fully saturated rings. The second-order valence-electron chi connectivity index (χ2n) is 8.81. The number of fused-ring (bicyclic) bond motifs is 1. The van der Waals surface area contributed by atoms with Crippen molar-refractivity contribution >= 4 is 45.1 Å². The summed E-state index contributed by atoms with van der Waals surface area (Å²) >= 11 is 6.13. The standard InChI is InChI=1S/C27H23ClN6O5S/c1-39-21-14-30-27(31-15-21)33-25(35)17-6-9-22(10-7-17)40(37,38)34-16-18-5-8-19(28)12-23(18)32-26(36)24(34)13-20-4-2-3-11-29-20/h2-12,14-15,24H,13,16H2,1H3,(H,32,36)(H,30,31,33,35)/t24-/m1/s1. The molecule has 0 saturated heterocycles. The molecular weight excluding hydrogens is 556 g/mol. The van der Waals surface area contributed by atoms with Gasteiger partial charge < -0.3 is 10.1 Å². The van der Waals surface area contributed by atoms with Gasteiger partial charge in [0.05, 0.1) is 24.4 Å². The minimum absolute atomic E-state index is 0.0516. The number of ether oxygens (including phenoxy) is 1. The Morgan fingerprint density at radius 3 is 2.52 bits per heavy atom. The van der Waals surface area contributed by atoms with Gasteiger partial charge in [-0.25, -0.2) is 18.4 Å². The van der Waals surface area contributed by atoms with E-state index < -0.39 is 27.9 Å². The number of sulfonamides is 1. The Bertz CT molecular complexity index is 1650. The van der Waals surface area contributed by atoms with Gasteiger partial charge in [-0.15, -0.1) is 0 Å². The first-order valence-corrected chi connectivity index (χ1v) is 13.8. The highest BCUT2D eigenvalue weighted by Crippen LogP contribution is 2.31. The molecule has 1 aliphatic heterocycles. The lowest BCUT2D eigenvalue weighted by Crippen LogP contribution is -2.46. The molecule has 5 rings (SSSR count). The smallest absolute Gasteiger partial charge is 0.258 e. The molecule has 0 saturated carbocycles. The molecule has 11 nitrogen and oxygen atoms in total. The second kappa shape index (κ2) is 11.4. The Hall–Kier alpha value is -4.39. The number of rotatable bonds is 7. The van der Waals surface area contributed by atoms with Gasteiger partial charge in [0.15, 0.2) is 5.75 Å². The zero-order valence-electron chi connectivity index (χ0n) is 21.1. The Labute approximate surface area is 235 Å². The second-order valence-corrected chi connectivity index (χ2v) is 11.1. The molecule has 2 aromatic carbocycles. The molecule has 204 valence electrons. The van der Waals surface area contributed by atoms with Gasteiger partial charge in [0.25, 0.3) is 5.91 Å². The minimum atomic E-state index is -4.21. The van der Waals surface area contributed by atoms with Gasteiger partial charge in [0.1, 0.15) is 6.04 Å². The van der Waals surface area contributed by atoms with Crippen molar-refractivity contribution < 1.29 is 22.7 Å². The summed E-state index contributed by atoms with van der Waals surface area (Å²) in [6.07, 6.45) is 4.44. The first-order chi connectivity index (χ1) is 19.2. The summed E-state index contributed by atoms with van der Waals surface area (Å²) in [6.45, 7) is -0.0812. The number of carbonyl (C=O) groups is 2. The summed E-state index contributed by atoms with van der Waals surface area (Å²) in [5, 5.41) is 5.77. The lowest BCUT2D eigenvalue weighted by Gasteiger charge is -2.27. The van der Waals surface area contributed by atoms with Gasteiger partial charge in [-0.3, -0.25) is 19.9 Å². The lowest BCUT2D eigenvalue weighted by molar-refractivity contribution is -0.119. The number of amides is 2. The summed E-state index contributed by atoms with van der Waals surface area (Å²) in [5.74, 6) is -0.538. The van der Waals surface area contributed by atoms with E-state index in [1.165, 1.54) is 43.8 Å². The van der Waals surface area contributed by atoms with Crippen LogP contribution in [0.2, 0.25) is 5.02 Å². The van der Waals surface area contributed by atoms with Crippen LogP contribution in [0.4, 0.5) is 11.6 Å². The third kappa shape index (κ3) is 5.78. The third-order valence-corrected chi connectivity index (χ3v) is 8.35. The maximum atomic E-state index is 14.0. The number of aromatic nitrogens is 3. The van der Waals surface area contributed by atoms with Crippen LogP contribution in [-0.2, 0) is 27.8 Å². The van der Waals surface area contributed by atoms with Crippen LogP contribution in [-0.4, -0.2) is 52.6 Å². The van der Waals surface area contributed by atoms with E-state index in [-0.39, 0.29) is 29.4 Å². The Kier molecular flexibility index (Phi) is 7.74. The Morgan fingerprint density at radius 2 is 1.85 bits per heavy atom. The van der Waals surface area contributed by atoms with Crippen LogP contribution in [0, 0.1) is 0 Å². The maximum Gasteiger partial charge on any atom is 0.258 e. The molecular formula is C27H23ClN6O5S. The average Bonchev–Trinajstić information content (AvgIpc) is 3.10. The molecule has 0 aliphatic carbocycles. The van der Waals surface area contributed by atoms with Crippen molar-refractivity contribution in [2.75, 3.05) is 17.7 Å².